The number of hydrogen-bond donors (Lipinski definition) is 2. The highest BCUT2D eigenvalue weighted by Gasteiger charge is 2.29. The van der Waals surface area contributed by atoms with E-state index in [0.717, 1.165) is 11.3 Å². The van der Waals surface area contributed by atoms with E-state index in [1.807, 2.05) is 20.8 Å². The fraction of sp³-hybridized carbons (Fsp3) is 0.421. The molecule has 2 heterocycles. The fourth-order valence-corrected chi connectivity index (χ4v) is 2.85. The number of nitrogens with zero attached hydrogens (tertiary/aromatic N) is 2. The average Bonchev–Trinajstić information content (AvgIpc) is 3.02. The van der Waals surface area contributed by atoms with Gasteiger partial charge in [-0.05, 0) is 45.0 Å². The molecule has 0 spiro atoms. The Labute approximate surface area is 168 Å². The summed E-state index contributed by atoms with van der Waals surface area (Å²) in [6.07, 6.45) is 0.223. The Morgan fingerprint density at radius 3 is 2.68 bits per heavy atom. The molecular weight excluding hydrogens is 384 g/mol. The monoisotopic (exact) mass is 406 g/mol. The molecule has 1 aliphatic heterocycles. The van der Waals surface area contributed by atoms with Gasteiger partial charge in [0.1, 0.15) is 11.4 Å². The van der Waals surface area contributed by atoms with Crippen LogP contribution in [0.1, 0.15) is 32.0 Å². The number of hydrogen-bond acceptors (Lipinski definition) is 5. The molecule has 0 saturated heterocycles. The molecule has 1 aliphatic rings. The lowest BCUT2D eigenvalue weighted by Crippen LogP contribution is -2.40. The Bertz CT molecular complexity index is 858. The number of aromatic nitrogens is 2. The van der Waals surface area contributed by atoms with Crippen molar-refractivity contribution in [1.82, 2.24) is 15.1 Å². The van der Waals surface area contributed by atoms with Crippen LogP contribution in [0.15, 0.2) is 24.3 Å². The lowest BCUT2D eigenvalue weighted by molar-refractivity contribution is -0.118. The van der Waals surface area contributed by atoms with E-state index < -0.39 is 5.60 Å². The molecule has 9 heteroatoms. The zero-order chi connectivity index (χ0) is 20.3. The zero-order valence-corrected chi connectivity index (χ0v) is 16.8. The smallest absolute Gasteiger partial charge is 0.410 e. The number of rotatable bonds is 4. The minimum atomic E-state index is -0.566. The molecule has 0 unspecified atom stereocenters. The van der Waals surface area contributed by atoms with Crippen LogP contribution in [0.25, 0.3) is 0 Å². The molecule has 0 aliphatic carbocycles. The number of benzene rings is 1. The van der Waals surface area contributed by atoms with E-state index in [1.165, 1.54) is 0 Å². The summed E-state index contributed by atoms with van der Waals surface area (Å²) in [6.45, 7) is 6.14. The van der Waals surface area contributed by atoms with Gasteiger partial charge in [-0.3, -0.25) is 9.89 Å². The standard InChI is InChI=1S/C19H23ClN4O4/c1-19(2,3)28-18(26)24-9-8-15-14(10-24)17(23-22-15)21-16(25)11-27-13-6-4-12(20)5-7-13/h4-7H,8-11H2,1-3H3,(H2,21,22,23,25). The molecule has 0 bridgehead atoms. The van der Waals surface area contributed by atoms with Crippen molar-refractivity contribution >= 4 is 29.4 Å². The van der Waals surface area contributed by atoms with Gasteiger partial charge in [0.05, 0.1) is 6.54 Å². The van der Waals surface area contributed by atoms with Gasteiger partial charge in [-0.25, -0.2) is 4.79 Å². The molecule has 2 amide bonds. The summed E-state index contributed by atoms with van der Waals surface area (Å²) in [5.41, 5.74) is 1.11. The molecule has 1 aromatic heterocycles. The normalized spacial score (nSPS) is 13.6. The van der Waals surface area contributed by atoms with Crippen LogP contribution in [0.5, 0.6) is 5.75 Å². The first-order valence-electron chi connectivity index (χ1n) is 8.93. The molecule has 0 fully saturated rings. The summed E-state index contributed by atoms with van der Waals surface area (Å²) >= 11 is 5.82. The van der Waals surface area contributed by atoms with Gasteiger partial charge in [-0.15, -0.1) is 0 Å². The lowest BCUT2D eigenvalue weighted by atomic mass is 10.1. The minimum absolute atomic E-state index is 0.168. The number of carbonyl (C=O) groups is 2. The Morgan fingerprint density at radius 1 is 1.29 bits per heavy atom. The minimum Gasteiger partial charge on any atom is -0.484 e. The predicted octanol–water partition coefficient (Wildman–Crippen LogP) is 3.37. The average molecular weight is 407 g/mol. The molecular formula is C19H23ClN4O4. The van der Waals surface area contributed by atoms with Gasteiger partial charge in [0.25, 0.3) is 5.91 Å². The summed E-state index contributed by atoms with van der Waals surface area (Å²) in [4.78, 5) is 26.1. The number of aromatic amines is 1. The molecule has 0 radical (unpaired) electrons. The van der Waals surface area contributed by atoms with E-state index >= 15 is 0 Å². The van der Waals surface area contributed by atoms with Gasteiger partial charge in [0.2, 0.25) is 0 Å². The Morgan fingerprint density at radius 2 is 2.00 bits per heavy atom. The Kier molecular flexibility index (Phi) is 5.79. The van der Waals surface area contributed by atoms with Gasteiger partial charge in [0.15, 0.2) is 12.4 Å². The number of halogens is 1. The van der Waals surface area contributed by atoms with Crippen molar-refractivity contribution in [2.24, 2.45) is 0 Å². The largest absolute Gasteiger partial charge is 0.484 e. The number of H-pyrrole nitrogens is 1. The number of anilines is 1. The summed E-state index contributed by atoms with van der Waals surface area (Å²) in [5, 5.41) is 10.4. The van der Waals surface area contributed by atoms with Crippen LogP contribution in [0.2, 0.25) is 5.02 Å². The topological polar surface area (TPSA) is 96.5 Å². The molecule has 0 saturated carbocycles. The van der Waals surface area contributed by atoms with Gasteiger partial charge >= 0.3 is 6.09 Å². The van der Waals surface area contributed by atoms with E-state index in [-0.39, 0.29) is 18.6 Å². The van der Waals surface area contributed by atoms with Crippen molar-refractivity contribution in [1.29, 1.82) is 0 Å². The molecule has 2 N–H and O–H groups in total. The SMILES string of the molecule is CC(C)(C)OC(=O)N1CCc2[nH]nc(NC(=O)COc3ccc(Cl)cc3)c2C1. The molecule has 2 aromatic rings. The van der Waals surface area contributed by atoms with Gasteiger partial charge < -0.3 is 19.7 Å². The first kappa shape index (κ1) is 20.0. The highest BCUT2D eigenvalue weighted by Crippen LogP contribution is 2.25. The fourth-order valence-electron chi connectivity index (χ4n) is 2.73. The van der Waals surface area contributed by atoms with Crippen LogP contribution in [0.4, 0.5) is 10.6 Å². The van der Waals surface area contributed by atoms with Gasteiger partial charge in [-0.2, -0.15) is 5.10 Å². The third kappa shape index (κ3) is 5.16. The first-order valence-corrected chi connectivity index (χ1v) is 9.31. The molecule has 8 nitrogen and oxygen atoms in total. The van der Waals surface area contributed by atoms with E-state index in [0.29, 0.717) is 36.1 Å². The van der Waals surface area contributed by atoms with Crippen molar-refractivity contribution in [3.8, 4) is 5.75 Å². The summed E-state index contributed by atoms with van der Waals surface area (Å²) < 4.78 is 10.9. The third-order valence-corrected chi connectivity index (χ3v) is 4.28. The predicted molar refractivity (Wildman–Crippen MR) is 105 cm³/mol. The Hall–Kier alpha value is -2.74. The van der Waals surface area contributed by atoms with Crippen LogP contribution in [-0.4, -0.2) is 45.9 Å². The zero-order valence-electron chi connectivity index (χ0n) is 16.0. The maximum absolute atomic E-state index is 12.3. The summed E-state index contributed by atoms with van der Waals surface area (Å²) in [6, 6.07) is 6.74. The maximum Gasteiger partial charge on any atom is 0.410 e. The molecule has 150 valence electrons. The highest BCUT2D eigenvalue weighted by molar-refractivity contribution is 6.30. The third-order valence-electron chi connectivity index (χ3n) is 4.03. The molecule has 3 rings (SSSR count). The molecule has 0 atom stereocenters. The summed E-state index contributed by atoms with van der Waals surface area (Å²) in [5.74, 6) is 0.589. The van der Waals surface area contributed by atoms with Crippen LogP contribution < -0.4 is 10.1 Å². The van der Waals surface area contributed by atoms with Gasteiger partial charge in [0, 0.05) is 29.2 Å². The lowest BCUT2D eigenvalue weighted by Gasteiger charge is -2.30. The quantitative estimate of drug-likeness (QED) is 0.811. The highest BCUT2D eigenvalue weighted by atomic mass is 35.5. The number of nitrogens with one attached hydrogen (secondary N) is 2. The van der Waals surface area contributed by atoms with Crippen LogP contribution >= 0.6 is 11.6 Å². The van der Waals surface area contributed by atoms with Crippen LogP contribution in [0.3, 0.4) is 0 Å². The first-order chi connectivity index (χ1) is 13.2. The van der Waals surface area contributed by atoms with Crippen LogP contribution in [-0.2, 0) is 22.5 Å². The maximum atomic E-state index is 12.3. The second-order valence-corrected chi connectivity index (χ2v) is 7.91. The second-order valence-electron chi connectivity index (χ2n) is 7.47. The van der Waals surface area contributed by atoms with E-state index in [1.54, 1.807) is 29.2 Å². The van der Waals surface area contributed by atoms with E-state index in [2.05, 4.69) is 15.5 Å². The van der Waals surface area contributed by atoms with E-state index in [4.69, 9.17) is 21.1 Å². The van der Waals surface area contributed by atoms with Crippen molar-refractivity contribution in [2.75, 3.05) is 18.5 Å². The number of ether oxygens (including phenoxy) is 2. The number of fused-ring (bicyclic) bond motifs is 1. The van der Waals surface area contributed by atoms with Gasteiger partial charge in [-0.1, -0.05) is 11.6 Å². The van der Waals surface area contributed by atoms with E-state index in [9.17, 15) is 9.59 Å². The van der Waals surface area contributed by atoms with Crippen molar-refractivity contribution < 1.29 is 19.1 Å². The number of amides is 2. The molecule has 28 heavy (non-hydrogen) atoms. The van der Waals surface area contributed by atoms with Crippen molar-refractivity contribution in [3.63, 3.8) is 0 Å². The Balaban J connectivity index is 1.59. The molecule has 1 aromatic carbocycles. The van der Waals surface area contributed by atoms with Crippen molar-refractivity contribution in [3.05, 3.63) is 40.5 Å². The van der Waals surface area contributed by atoms with Crippen molar-refractivity contribution in [2.45, 2.75) is 39.3 Å². The summed E-state index contributed by atoms with van der Waals surface area (Å²) in [7, 11) is 0. The van der Waals surface area contributed by atoms with Crippen LogP contribution in [0, 0.1) is 0 Å². The second kappa shape index (κ2) is 8.10. The number of carbonyl (C=O) groups excluding carboxylic acids is 2.